The molecule has 1 unspecified atom stereocenters. The Morgan fingerprint density at radius 1 is 1.12 bits per heavy atom. The second-order valence-corrected chi connectivity index (χ2v) is 7.42. The van der Waals surface area contributed by atoms with Gasteiger partial charge in [0.2, 0.25) is 0 Å². The first-order chi connectivity index (χ1) is 15.3. The zero-order chi connectivity index (χ0) is 23.0. The van der Waals surface area contributed by atoms with Crippen LogP contribution in [0, 0.1) is 0 Å². The summed E-state index contributed by atoms with van der Waals surface area (Å²) < 4.78 is 6.71. The summed E-state index contributed by atoms with van der Waals surface area (Å²) in [6.45, 7) is 3.50. The van der Waals surface area contributed by atoms with Crippen LogP contribution in [-0.4, -0.2) is 40.3 Å². The van der Waals surface area contributed by atoms with Gasteiger partial charge in [-0.05, 0) is 50.3 Å². The molecule has 1 N–H and O–H groups in total. The van der Waals surface area contributed by atoms with Crippen LogP contribution in [0.5, 0.6) is 0 Å². The molecule has 0 bridgehead atoms. The molecule has 0 spiro atoms. The topological polar surface area (TPSA) is 101 Å². The van der Waals surface area contributed by atoms with E-state index in [9.17, 15) is 14.4 Å². The van der Waals surface area contributed by atoms with Crippen LogP contribution in [0.4, 0.5) is 5.69 Å². The number of benzene rings is 2. The number of aromatic nitrogens is 1. The minimum atomic E-state index is -1.04. The SMILES string of the molecule is COC(=O)C(C)n1cc(/C=C2\C(=O)N(c3ccc(C(=O)O)cc3)N=C2C)c2ccccc21. The molecule has 0 radical (unpaired) electrons. The normalized spacial score (nSPS) is 15.8. The number of anilines is 1. The zero-order valence-electron chi connectivity index (χ0n) is 17.8. The number of carbonyl (C=O) groups is 3. The van der Waals surface area contributed by atoms with Crippen molar-refractivity contribution in [1.29, 1.82) is 0 Å². The molecule has 1 aromatic heterocycles. The molecule has 32 heavy (non-hydrogen) atoms. The number of esters is 1. The van der Waals surface area contributed by atoms with Gasteiger partial charge in [-0.2, -0.15) is 10.1 Å². The van der Waals surface area contributed by atoms with Gasteiger partial charge in [-0.1, -0.05) is 18.2 Å². The summed E-state index contributed by atoms with van der Waals surface area (Å²) in [5, 5.41) is 15.6. The van der Waals surface area contributed by atoms with E-state index in [-0.39, 0.29) is 17.4 Å². The number of para-hydroxylation sites is 1. The van der Waals surface area contributed by atoms with E-state index in [2.05, 4.69) is 5.10 Å². The number of carboxylic acid groups (broad SMARTS) is 1. The van der Waals surface area contributed by atoms with Crippen molar-refractivity contribution in [2.45, 2.75) is 19.9 Å². The van der Waals surface area contributed by atoms with Crippen LogP contribution in [-0.2, 0) is 14.3 Å². The van der Waals surface area contributed by atoms with Crippen molar-refractivity contribution in [3.05, 3.63) is 71.4 Å². The summed E-state index contributed by atoms with van der Waals surface area (Å²) in [5.74, 6) is -1.72. The molecule has 1 amide bonds. The smallest absolute Gasteiger partial charge is 0.335 e. The average Bonchev–Trinajstić information content (AvgIpc) is 3.31. The van der Waals surface area contributed by atoms with E-state index in [4.69, 9.17) is 9.84 Å². The Kier molecular flexibility index (Phi) is 5.36. The molecule has 3 aromatic rings. The quantitative estimate of drug-likeness (QED) is 0.488. The third-order valence-electron chi connectivity index (χ3n) is 5.45. The van der Waals surface area contributed by atoms with Gasteiger partial charge in [0, 0.05) is 22.7 Å². The Morgan fingerprint density at radius 3 is 2.47 bits per heavy atom. The van der Waals surface area contributed by atoms with E-state index < -0.39 is 12.0 Å². The number of nitrogens with zero attached hydrogens (tertiary/aromatic N) is 3. The summed E-state index contributed by atoms with van der Waals surface area (Å²) >= 11 is 0. The van der Waals surface area contributed by atoms with Crippen LogP contribution in [0.25, 0.3) is 17.0 Å². The zero-order valence-corrected chi connectivity index (χ0v) is 17.8. The minimum absolute atomic E-state index is 0.129. The van der Waals surface area contributed by atoms with Gasteiger partial charge in [-0.3, -0.25) is 4.79 Å². The highest BCUT2D eigenvalue weighted by molar-refractivity contribution is 6.32. The standard InChI is InChI=1S/C24H21N3O5/c1-14-20(22(28)27(25-14)18-10-8-16(9-11-18)23(29)30)12-17-13-26(15(2)24(31)32-3)21-7-5-4-6-19(17)21/h4-13,15H,1-3H3,(H,29,30)/b20-12-. The number of hydrogen-bond donors (Lipinski definition) is 1. The number of rotatable bonds is 5. The van der Waals surface area contributed by atoms with Crippen molar-refractivity contribution in [3.63, 3.8) is 0 Å². The number of ether oxygens (including phenoxy) is 1. The number of fused-ring (bicyclic) bond motifs is 1. The van der Waals surface area contributed by atoms with Crippen LogP contribution in [0.2, 0.25) is 0 Å². The lowest BCUT2D eigenvalue weighted by molar-refractivity contribution is -0.143. The highest BCUT2D eigenvalue weighted by Crippen LogP contribution is 2.30. The molecule has 0 fully saturated rings. The third kappa shape index (κ3) is 3.56. The predicted molar refractivity (Wildman–Crippen MR) is 121 cm³/mol. The van der Waals surface area contributed by atoms with E-state index in [1.165, 1.54) is 24.3 Å². The van der Waals surface area contributed by atoms with E-state index in [1.807, 2.05) is 35.0 Å². The van der Waals surface area contributed by atoms with Gasteiger partial charge >= 0.3 is 11.9 Å². The summed E-state index contributed by atoms with van der Waals surface area (Å²) in [6.07, 6.45) is 3.58. The van der Waals surface area contributed by atoms with Gasteiger partial charge in [-0.15, -0.1) is 0 Å². The maximum atomic E-state index is 13.1. The molecule has 8 nitrogen and oxygen atoms in total. The lowest BCUT2D eigenvalue weighted by Gasteiger charge is -2.12. The first-order valence-corrected chi connectivity index (χ1v) is 9.94. The van der Waals surface area contributed by atoms with Crippen LogP contribution in [0.15, 0.2) is 65.4 Å². The van der Waals surface area contributed by atoms with Gasteiger partial charge < -0.3 is 14.4 Å². The number of carbonyl (C=O) groups excluding carboxylic acids is 2. The highest BCUT2D eigenvalue weighted by atomic mass is 16.5. The van der Waals surface area contributed by atoms with Crippen molar-refractivity contribution < 1.29 is 24.2 Å². The van der Waals surface area contributed by atoms with Crippen molar-refractivity contribution in [2.75, 3.05) is 12.1 Å². The fourth-order valence-electron chi connectivity index (χ4n) is 3.71. The molecule has 1 aliphatic rings. The van der Waals surface area contributed by atoms with E-state index >= 15 is 0 Å². The molecule has 0 saturated carbocycles. The van der Waals surface area contributed by atoms with Crippen molar-refractivity contribution >= 4 is 46.2 Å². The lowest BCUT2D eigenvalue weighted by Crippen LogP contribution is -2.21. The summed E-state index contributed by atoms with van der Waals surface area (Å²) in [7, 11) is 1.35. The third-order valence-corrected chi connectivity index (χ3v) is 5.45. The average molecular weight is 431 g/mol. The lowest BCUT2D eigenvalue weighted by atomic mass is 10.1. The van der Waals surface area contributed by atoms with E-state index in [1.54, 1.807) is 32.1 Å². The first kappa shape index (κ1) is 21.0. The van der Waals surface area contributed by atoms with Gasteiger partial charge in [0.05, 0.1) is 29.6 Å². The molecule has 162 valence electrons. The second kappa shape index (κ2) is 8.14. The van der Waals surface area contributed by atoms with Crippen LogP contribution in [0.1, 0.15) is 35.8 Å². The van der Waals surface area contributed by atoms with Crippen LogP contribution < -0.4 is 5.01 Å². The fraction of sp³-hybridized carbons (Fsp3) is 0.167. The Labute approximate surface area is 184 Å². The van der Waals surface area contributed by atoms with Crippen molar-refractivity contribution in [1.82, 2.24) is 4.57 Å². The number of hydrogen-bond acceptors (Lipinski definition) is 5. The number of aromatic carboxylic acids is 1. The second-order valence-electron chi connectivity index (χ2n) is 7.42. The molecule has 1 atom stereocenters. The predicted octanol–water partition coefficient (Wildman–Crippen LogP) is 3.88. The summed E-state index contributed by atoms with van der Waals surface area (Å²) in [6, 6.07) is 13.0. The van der Waals surface area contributed by atoms with Crippen molar-refractivity contribution in [3.8, 4) is 0 Å². The molecule has 8 heteroatoms. The number of hydrazone groups is 1. The molecular weight excluding hydrogens is 410 g/mol. The monoisotopic (exact) mass is 431 g/mol. The van der Waals surface area contributed by atoms with E-state index in [0.29, 0.717) is 17.0 Å². The molecule has 0 saturated heterocycles. The summed E-state index contributed by atoms with van der Waals surface area (Å²) in [5.41, 5.74) is 3.18. The van der Waals surface area contributed by atoms with Crippen molar-refractivity contribution in [2.24, 2.45) is 5.10 Å². The summed E-state index contributed by atoms with van der Waals surface area (Å²) in [4.78, 5) is 36.3. The van der Waals surface area contributed by atoms with Crippen LogP contribution >= 0.6 is 0 Å². The van der Waals surface area contributed by atoms with Gasteiger partial charge in [-0.25, -0.2) is 9.59 Å². The number of carboxylic acids is 1. The Bertz CT molecular complexity index is 1300. The van der Waals surface area contributed by atoms with Gasteiger partial charge in [0.25, 0.3) is 5.91 Å². The molecule has 0 aliphatic carbocycles. The van der Waals surface area contributed by atoms with E-state index in [0.717, 1.165) is 16.5 Å². The largest absolute Gasteiger partial charge is 0.478 e. The van der Waals surface area contributed by atoms with Gasteiger partial charge in [0.15, 0.2) is 0 Å². The number of amides is 1. The fourth-order valence-corrected chi connectivity index (χ4v) is 3.71. The molecule has 2 heterocycles. The number of methoxy groups -OCH3 is 1. The first-order valence-electron chi connectivity index (χ1n) is 9.94. The Hall–Kier alpha value is -4.20. The maximum Gasteiger partial charge on any atom is 0.335 e. The van der Waals surface area contributed by atoms with Crippen LogP contribution in [0.3, 0.4) is 0 Å². The molecular formula is C24H21N3O5. The maximum absolute atomic E-state index is 13.1. The minimum Gasteiger partial charge on any atom is -0.478 e. The Balaban J connectivity index is 1.73. The molecule has 1 aliphatic heterocycles. The molecule has 4 rings (SSSR count). The highest BCUT2D eigenvalue weighted by Gasteiger charge is 2.29. The Morgan fingerprint density at radius 2 is 1.81 bits per heavy atom. The van der Waals surface area contributed by atoms with Gasteiger partial charge in [0.1, 0.15) is 6.04 Å². The molecule has 2 aromatic carbocycles.